The van der Waals surface area contributed by atoms with Crippen molar-refractivity contribution in [3.8, 4) is 0 Å². The van der Waals surface area contributed by atoms with E-state index >= 15 is 0 Å². The Balaban J connectivity index is 2.06. The van der Waals surface area contributed by atoms with Crippen LogP contribution < -0.4 is 0 Å². The van der Waals surface area contributed by atoms with Crippen molar-refractivity contribution >= 4 is 6.08 Å². The molecule has 0 amide bonds. The number of nitrogens with zero attached hydrogens (tertiary/aromatic N) is 1. The van der Waals surface area contributed by atoms with E-state index in [1.54, 1.807) is 0 Å². The lowest BCUT2D eigenvalue weighted by molar-refractivity contribution is 0.162. The highest BCUT2D eigenvalue weighted by Gasteiger charge is 2.69. The van der Waals surface area contributed by atoms with Gasteiger partial charge in [-0.05, 0) is 60.7 Å². The normalized spacial score (nSPS) is 52.8. The minimum absolute atomic E-state index is 0.0750. The molecule has 0 saturated heterocycles. The lowest BCUT2D eigenvalue weighted by atomic mass is 9.71. The van der Waals surface area contributed by atoms with E-state index in [1.807, 2.05) is 6.08 Å². The molecular formula is C16H25NO. The maximum absolute atomic E-state index is 11.0. The van der Waals surface area contributed by atoms with E-state index in [4.69, 9.17) is 0 Å². The van der Waals surface area contributed by atoms with Gasteiger partial charge < -0.3 is 0 Å². The number of hydrogen-bond acceptors (Lipinski definition) is 2. The Morgan fingerprint density at radius 2 is 1.83 bits per heavy atom. The van der Waals surface area contributed by atoms with Gasteiger partial charge in [-0.25, -0.2) is 4.79 Å². The first-order valence-electron chi connectivity index (χ1n) is 7.54. The predicted molar refractivity (Wildman–Crippen MR) is 71.9 cm³/mol. The second-order valence-corrected chi connectivity index (χ2v) is 7.67. The third-order valence-electron chi connectivity index (χ3n) is 6.73. The Morgan fingerprint density at radius 3 is 2.50 bits per heavy atom. The zero-order valence-corrected chi connectivity index (χ0v) is 12.1. The maximum atomic E-state index is 11.0. The van der Waals surface area contributed by atoms with Crippen molar-refractivity contribution in [1.29, 1.82) is 0 Å². The van der Waals surface area contributed by atoms with E-state index in [2.05, 4.69) is 32.7 Å². The molecule has 0 aromatic heterocycles. The summed E-state index contributed by atoms with van der Waals surface area (Å²) in [5, 5.41) is 0. The molecule has 6 atom stereocenters. The van der Waals surface area contributed by atoms with Crippen LogP contribution in [0.3, 0.4) is 0 Å². The van der Waals surface area contributed by atoms with E-state index in [0.717, 1.165) is 24.2 Å². The van der Waals surface area contributed by atoms with Crippen molar-refractivity contribution in [3.63, 3.8) is 0 Å². The fourth-order valence-electron chi connectivity index (χ4n) is 5.59. The summed E-state index contributed by atoms with van der Waals surface area (Å²) in [5.74, 6) is 3.55. The molecule has 0 aromatic rings. The van der Waals surface area contributed by atoms with E-state index in [0.29, 0.717) is 17.3 Å². The molecule has 0 radical (unpaired) electrons. The number of isocyanates is 1. The third-order valence-corrected chi connectivity index (χ3v) is 6.73. The molecule has 3 aliphatic carbocycles. The van der Waals surface area contributed by atoms with Crippen LogP contribution in [0.4, 0.5) is 0 Å². The first kappa shape index (κ1) is 12.4. The topological polar surface area (TPSA) is 29.4 Å². The average molecular weight is 247 g/mol. The van der Waals surface area contributed by atoms with Gasteiger partial charge in [-0.15, -0.1) is 0 Å². The van der Waals surface area contributed by atoms with Crippen LogP contribution in [0.15, 0.2) is 4.99 Å². The largest absolute Gasteiger partial charge is 0.235 e. The summed E-state index contributed by atoms with van der Waals surface area (Å²) >= 11 is 0. The maximum Gasteiger partial charge on any atom is 0.235 e. The quantitative estimate of drug-likeness (QED) is 0.512. The molecule has 0 aliphatic heterocycles. The number of rotatable bonds is 1. The summed E-state index contributed by atoms with van der Waals surface area (Å²) in [5.41, 5.74) is 0.404. The van der Waals surface area contributed by atoms with Crippen LogP contribution in [0.1, 0.15) is 53.4 Å². The molecule has 0 bridgehead atoms. The van der Waals surface area contributed by atoms with Gasteiger partial charge in [0.25, 0.3) is 0 Å². The highest BCUT2D eigenvalue weighted by molar-refractivity contribution is 5.37. The van der Waals surface area contributed by atoms with Crippen LogP contribution in [-0.4, -0.2) is 11.6 Å². The van der Waals surface area contributed by atoms with E-state index in [1.165, 1.54) is 19.3 Å². The van der Waals surface area contributed by atoms with Gasteiger partial charge in [-0.1, -0.05) is 27.7 Å². The number of aliphatic imine (C=N–C) groups is 1. The molecular weight excluding hydrogens is 222 g/mol. The van der Waals surface area contributed by atoms with Crippen molar-refractivity contribution in [2.45, 2.75) is 58.9 Å². The molecule has 0 spiro atoms. The molecule has 0 heterocycles. The first-order chi connectivity index (χ1) is 8.45. The Bertz CT molecular complexity index is 409. The monoisotopic (exact) mass is 247 g/mol. The van der Waals surface area contributed by atoms with Crippen LogP contribution in [0, 0.1) is 35.0 Å². The Kier molecular flexibility index (Phi) is 2.55. The van der Waals surface area contributed by atoms with E-state index < -0.39 is 0 Å². The smallest absolute Gasteiger partial charge is 0.211 e. The lowest BCUT2D eigenvalue weighted by Gasteiger charge is -2.37. The highest BCUT2D eigenvalue weighted by Crippen LogP contribution is 2.72. The SMILES string of the molecule is CC1CCC2(N=C=O)C(C)CCC3C(C12)C3(C)C. The van der Waals surface area contributed by atoms with Crippen LogP contribution >= 0.6 is 0 Å². The fraction of sp³-hybridized carbons (Fsp3) is 0.938. The second kappa shape index (κ2) is 3.70. The first-order valence-corrected chi connectivity index (χ1v) is 7.54. The Labute approximate surface area is 110 Å². The van der Waals surface area contributed by atoms with Crippen LogP contribution in [0.2, 0.25) is 0 Å². The van der Waals surface area contributed by atoms with Gasteiger partial charge in [0.15, 0.2) is 0 Å². The molecule has 3 rings (SSSR count). The number of fused-ring (bicyclic) bond motifs is 3. The number of hydrogen-bond donors (Lipinski definition) is 0. The molecule has 100 valence electrons. The molecule has 3 fully saturated rings. The van der Waals surface area contributed by atoms with Crippen LogP contribution in [-0.2, 0) is 4.79 Å². The summed E-state index contributed by atoms with van der Waals surface area (Å²) in [6.45, 7) is 9.51. The Hall–Kier alpha value is -0.620. The van der Waals surface area contributed by atoms with Gasteiger partial charge in [-0.3, -0.25) is 0 Å². The summed E-state index contributed by atoms with van der Waals surface area (Å²) in [6, 6.07) is 0. The van der Waals surface area contributed by atoms with E-state index in [-0.39, 0.29) is 5.54 Å². The predicted octanol–water partition coefficient (Wildman–Crippen LogP) is 3.81. The van der Waals surface area contributed by atoms with Gasteiger partial charge in [0.1, 0.15) is 0 Å². The van der Waals surface area contributed by atoms with Crippen molar-refractivity contribution in [2.24, 2.45) is 40.0 Å². The molecule has 2 nitrogen and oxygen atoms in total. The lowest BCUT2D eigenvalue weighted by Crippen LogP contribution is -2.41. The summed E-state index contributed by atoms with van der Waals surface area (Å²) in [4.78, 5) is 15.4. The van der Waals surface area contributed by atoms with Crippen molar-refractivity contribution < 1.29 is 4.79 Å². The summed E-state index contributed by atoms with van der Waals surface area (Å²) in [6.07, 6.45) is 6.83. The van der Waals surface area contributed by atoms with Crippen molar-refractivity contribution in [3.05, 3.63) is 0 Å². The van der Waals surface area contributed by atoms with Crippen molar-refractivity contribution in [2.75, 3.05) is 0 Å². The molecule has 3 aliphatic rings. The Morgan fingerprint density at radius 1 is 1.11 bits per heavy atom. The van der Waals surface area contributed by atoms with E-state index in [9.17, 15) is 4.79 Å². The molecule has 18 heavy (non-hydrogen) atoms. The van der Waals surface area contributed by atoms with Gasteiger partial charge in [0.05, 0.1) is 5.54 Å². The summed E-state index contributed by atoms with van der Waals surface area (Å²) < 4.78 is 0. The fourth-order valence-corrected chi connectivity index (χ4v) is 5.59. The number of carbonyl (C=O) groups excluding carboxylic acids is 1. The third kappa shape index (κ3) is 1.36. The van der Waals surface area contributed by atoms with Gasteiger partial charge in [0, 0.05) is 0 Å². The van der Waals surface area contributed by atoms with Gasteiger partial charge in [0.2, 0.25) is 6.08 Å². The van der Waals surface area contributed by atoms with Crippen molar-refractivity contribution in [1.82, 2.24) is 0 Å². The zero-order valence-electron chi connectivity index (χ0n) is 12.1. The second-order valence-electron chi connectivity index (χ2n) is 7.67. The molecule has 6 unspecified atom stereocenters. The standard InChI is InChI=1S/C16H25NO/c1-10-7-8-16(17-9-18)11(2)5-6-12-14(13(10)16)15(12,3)4/h10-14H,5-8H2,1-4H3. The van der Waals surface area contributed by atoms with Gasteiger partial charge in [-0.2, -0.15) is 4.99 Å². The van der Waals surface area contributed by atoms with Gasteiger partial charge >= 0.3 is 0 Å². The molecule has 0 aromatic carbocycles. The minimum atomic E-state index is -0.0750. The minimum Gasteiger partial charge on any atom is -0.211 e. The summed E-state index contributed by atoms with van der Waals surface area (Å²) in [7, 11) is 0. The molecule has 2 heteroatoms. The molecule has 0 N–H and O–H groups in total. The average Bonchev–Trinajstić information content (AvgIpc) is 2.73. The van der Waals surface area contributed by atoms with Crippen LogP contribution in [0.5, 0.6) is 0 Å². The zero-order chi connectivity index (χ0) is 13.1. The highest BCUT2D eigenvalue weighted by atomic mass is 16.1. The molecule has 3 saturated carbocycles. The van der Waals surface area contributed by atoms with Crippen LogP contribution in [0.25, 0.3) is 0 Å².